The van der Waals surface area contributed by atoms with Gasteiger partial charge < -0.3 is 4.74 Å². The predicted molar refractivity (Wildman–Crippen MR) is 59.6 cm³/mol. The lowest BCUT2D eigenvalue weighted by molar-refractivity contribution is -0.134. The molecule has 82 valence electrons. The maximum atomic E-state index is 12.9. The molecule has 0 bridgehead atoms. The quantitative estimate of drug-likeness (QED) is 0.478. The van der Waals surface area contributed by atoms with Gasteiger partial charge in [0.2, 0.25) is 0 Å². The van der Waals surface area contributed by atoms with Crippen molar-refractivity contribution in [3.63, 3.8) is 0 Å². The van der Waals surface area contributed by atoms with Crippen LogP contribution >= 0.6 is 15.9 Å². The first-order chi connectivity index (χ1) is 7.17. The number of ether oxygens (including phenoxy) is 1. The Kier molecular flexibility index (Phi) is 4.75. The molecule has 0 atom stereocenters. The van der Waals surface area contributed by atoms with Gasteiger partial charge in [-0.25, -0.2) is 4.39 Å². The van der Waals surface area contributed by atoms with Crippen LogP contribution in [0.2, 0.25) is 0 Å². The summed E-state index contributed by atoms with van der Waals surface area (Å²) in [4.78, 5) is 11.2. The van der Waals surface area contributed by atoms with Crippen LogP contribution in [0.4, 0.5) is 4.39 Å². The van der Waals surface area contributed by atoms with Crippen LogP contribution in [0, 0.1) is 5.82 Å². The molecule has 15 heavy (non-hydrogen) atoms. The number of esters is 1. The van der Waals surface area contributed by atoms with E-state index in [-0.39, 0.29) is 5.97 Å². The summed E-state index contributed by atoms with van der Waals surface area (Å²) in [7, 11) is 0. The summed E-state index contributed by atoms with van der Waals surface area (Å²) < 4.78 is 18.0. The highest BCUT2D eigenvalue weighted by Crippen LogP contribution is 2.22. The molecular formula is C11H12BrFO2. The molecule has 0 unspecified atom stereocenters. The number of hydrogen-bond acceptors (Lipinski definition) is 2. The average Bonchev–Trinajstić information content (AvgIpc) is 2.18. The first-order valence-electron chi connectivity index (χ1n) is 4.72. The Balaban J connectivity index is 2.82. The molecule has 0 radical (unpaired) electrons. The number of halogens is 2. The van der Waals surface area contributed by atoms with E-state index in [0.29, 0.717) is 17.5 Å². The molecule has 0 spiro atoms. The fraction of sp³-hybridized carbons (Fsp3) is 0.364. The van der Waals surface area contributed by atoms with Gasteiger partial charge in [-0.15, -0.1) is 0 Å². The lowest BCUT2D eigenvalue weighted by Gasteiger charge is -2.07. The molecule has 1 aromatic carbocycles. The smallest absolute Gasteiger partial charge is 0.311 e. The number of carbonyl (C=O) groups excluding carboxylic acids is 1. The van der Waals surface area contributed by atoms with E-state index in [2.05, 4.69) is 15.9 Å². The molecule has 4 heteroatoms. The molecular weight excluding hydrogens is 263 g/mol. The van der Waals surface area contributed by atoms with Crippen molar-refractivity contribution < 1.29 is 13.9 Å². The summed E-state index contributed by atoms with van der Waals surface area (Å²) in [6, 6.07) is 4.16. The first-order valence-corrected chi connectivity index (χ1v) is 5.84. The van der Waals surface area contributed by atoms with Crippen LogP contribution in [-0.2, 0) is 10.1 Å². The summed E-state index contributed by atoms with van der Waals surface area (Å²) in [5.41, 5.74) is 0.765. The molecule has 0 aliphatic heterocycles. The predicted octanol–water partition coefficient (Wildman–Crippen LogP) is 3.43. The fourth-order valence-corrected chi connectivity index (χ4v) is 1.57. The summed E-state index contributed by atoms with van der Waals surface area (Å²) >= 11 is 3.25. The number of hydrogen-bond donors (Lipinski definition) is 0. The van der Waals surface area contributed by atoms with E-state index in [0.717, 1.165) is 12.0 Å². The van der Waals surface area contributed by atoms with Crippen LogP contribution in [0.3, 0.4) is 0 Å². The van der Waals surface area contributed by atoms with E-state index >= 15 is 0 Å². The Hall–Kier alpha value is -0.900. The van der Waals surface area contributed by atoms with Gasteiger partial charge in [-0.2, -0.15) is 0 Å². The van der Waals surface area contributed by atoms with Gasteiger partial charge in [0.1, 0.15) is 11.6 Å². The molecule has 0 aliphatic carbocycles. The monoisotopic (exact) mass is 274 g/mol. The number of benzene rings is 1. The van der Waals surface area contributed by atoms with Crippen LogP contribution in [-0.4, -0.2) is 5.97 Å². The highest BCUT2D eigenvalue weighted by molar-refractivity contribution is 9.08. The highest BCUT2D eigenvalue weighted by atomic mass is 79.9. The third-order valence-electron chi connectivity index (χ3n) is 1.85. The second-order valence-corrected chi connectivity index (χ2v) is 3.67. The summed E-state index contributed by atoms with van der Waals surface area (Å²) in [6.45, 7) is 1.89. The minimum atomic E-state index is -0.404. The number of alkyl halides is 1. The maximum Gasteiger partial charge on any atom is 0.311 e. The lowest BCUT2D eigenvalue weighted by Crippen LogP contribution is -2.08. The van der Waals surface area contributed by atoms with Crippen molar-refractivity contribution in [2.45, 2.75) is 25.1 Å². The zero-order valence-corrected chi connectivity index (χ0v) is 10.0. The number of carbonyl (C=O) groups is 1. The van der Waals surface area contributed by atoms with Crippen molar-refractivity contribution in [1.29, 1.82) is 0 Å². The molecule has 0 aliphatic rings. The Morgan fingerprint density at radius 1 is 1.53 bits per heavy atom. The summed E-state index contributed by atoms with van der Waals surface area (Å²) in [5, 5.41) is 0.530. The molecule has 2 nitrogen and oxygen atoms in total. The second kappa shape index (κ2) is 5.85. The zero-order valence-electron chi connectivity index (χ0n) is 8.43. The van der Waals surface area contributed by atoms with Crippen molar-refractivity contribution in [2.24, 2.45) is 0 Å². The Labute approximate surface area is 96.6 Å². The standard InChI is InChI=1S/C11H12BrFO2/c1-2-3-11(14)15-10-6-9(13)5-4-8(10)7-12/h4-6H,2-3,7H2,1H3. The van der Waals surface area contributed by atoms with Gasteiger partial charge in [0.15, 0.2) is 0 Å². The molecule has 0 N–H and O–H groups in total. The van der Waals surface area contributed by atoms with Crippen LogP contribution in [0.15, 0.2) is 18.2 Å². The normalized spacial score (nSPS) is 10.1. The Morgan fingerprint density at radius 2 is 2.27 bits per heavy atom. The molecule has 1 rings (SSSR count). The van der Waals surface area contributed by atoms with E-state index in [1.54, 1.807) is 6.07 Å². The fourth-order valence-electron chi connectivity index (χ4n) is 1.11. The largest absolute Gasteiger partial charge is 0.426 e. The molecule has 1 aromatic rings. The highest BCUT2D eigenvalue weighted by Gasteiger charge is 2.08. The lowest BCUT2D eigenvalue weighted by atomic mass is 10.2. The zero-order chi connectivity index (χ0) is 11.3. The molecule has 0 fully saturated rings. The second-order valence-electron chi connectivity index (χ2n) is 3.11. The van der Waals surface area contributed by atoms with Crippen LogP contribution in [0.5, 0.6) is 5.75 Å². The van der Waals surface area contributed by atoms with Gasteiger partial charge in [-0.3, -0.25) is 4.79 Å². The minimum absolute atomic E-state index is 0.297. The van der Waals surface area contributed by atoms with Crippen molar-refractivity contribution in [3.05, 3.63) is 29.6 Å². The van der Waals surface area contributed by atoms with Crippen molar-refractivity contribution in [2.75, 3.05) is 0 Å². The first kappa shape index (κ1) is 12.2. The third-order valence-corrected chi connectivity index (χ3v) is 2.46. The van der Waals surface area contributed by atoms with Crippen molar-refractivity contribution in [1.82, 2.24) is 0 Å². The van der Waals surface area contributed by atoms with Gasteiger partial charge in [-0.05, 0) is 12.5 Å². The third kappa shape index (κ3) is 3.63. The van der Waals surface area contributed by atoms with E-state index in [4.69, 9.17) is 4.74 Å². The molecule has 0 saturated heterocycles. The molecule has 0 saturated carbocycles. The minimum Gasteiger partial charge on any atom is -0.426 e. The van der Waals surface area contributed by atoms with E-state index < -0.39 is 5.82 Å². The van der Waals surface area contributed by atoms with Gasteiger partial charge in [-0.1, -0.05) is 28.9 Å². The Bertz CT molecular complexity index is 352. The summed E-state index contributed by atoms with van der Waals surface area (Å²) in [6.07, 6.45) is 1.07. The summed E-state index contributed by atoms with van der Waals surface area (Å²) in [5.74, 6) is -0.436. The van der Waals surface area contributed by atoms with E-state index in [1.165, 1.54) is 12.1 Å². The van der Waals surface area contributed by atoms with Crippen LogP contribution < -0.4 is 4.74 Å². The molecule has 0 aromatic heterocycles. The van der Waals surface area contributed by atoms with Gasteiger partial charge in [0, 0.05) is 23.4 Å². The van der Waals surface area contributed by atoms with Gasteiger partial charge in [0.25, 0.3) is 0 Å². The number of rotatable bonds is 4. The SMILES string of the molecule is CCCC(=O)Oc1cc(F)ccc1CBr. The van der Waals surface area contributed by atoms with Crippen molar-refractivity contribution in [3.8, 4) is 5.75 Å². The van der Waals surface area contributed by atoms with Gasteiger partial charge in [0.05, 0.1) is 0 Å². The molecule has 0 amide bonds. The average molecular weight is 275 g/mol. The molecule has 0 heterocycles. The maximum absolute atomic E-state index is 12.9. The topological polar surface area (TPSA) is 26.3 Å². The Morgan fingerprint density at radius 3 is 2.87 bits per heavy atom. The van der Waals surface area contributed by atoms with Gasteiger partial charge >= 0.3 is 5.97 Å². The van der Waals surface area contributed by atoms with Crippen LogP contribution in [0.1, 0.15) is 25.3 Å². The van der Waals surface area contributed by atoms with E-state index in [1.807, 2.05) is 6.92 Å². The van der Waals surface area contributed by atoms with E-state index in [9.17, 15) is 9.18 Å². The van der Waals surface area contributed by atoms with Crippen molar-refractivity contribution >= 4 is 21.9 Å². The van der Waals surface area contributed by atoms with Crippen LogP contribution in [0.25, 0.3) is 0 Å².